The van der Waals surface area contributed by atoms with Crippen LogP contribution >= 0.6 is 0 Å². The third-order valence-electron chi connectivity index (χ3n) is 9.91. The van der Waals surface area contributed by atoms with Crippen molar-refractivity contribution in [2.45, 2.75) is 0 Å². The normalized spacial score (nSPS) is 11.8. The van der Waals surface area contributed by atoms with Crippen molar-refractivity contribution >= 4 is 54.4 Å². The lowest BCUT2D eigenvalue weighted by Gasteiger charge is -2.11. The first kappa shape index (κ1) is 26.8. The van der Waals surface area contributed by atoms with Crippen LogP contribution in [0.15, 0.2) is 182 Å². The molecule has 2 aromatic heterocycles. The zero-order valence-electron chi connectivity index (χ0n) is 26.2. The van der Waals surface area contributed by atoms with Gasteiger partial charge < -0.3 is 9.13 Å². The Kier molecular flexibility index (Phi) is 5.91. The van der Waals surface area contributed by atoms with Crippen LogP contribution in [-0.4, -0.2) is 9.13 Å². The molecule has 0 radical (unpaired) electrons. The maximum atomic E-state index is 2.42. The van der Waals surface area contributed by atoms with E-state index >= 15 is 0 Å². The molecule has 10 rings (SSSR count). The highest BCUT2D eigenvalue weighted by molar-refractivity contribution is 6.22. The van der Waals surface area contributed by atoms with Crippen molar-refractivity contribution in [1.29, 1.82) is 0 Å². The first-order valence-corrected chi connectivity index (χ1v) is 16.5. The van der Waals surface area contributed by atoms with Crippen molar-refractivity contribution in [3.05, 3.63) is 182 Å². The van der Waals surface area contributed by atoms with Gasteiger partial charge in [-0.2, -0.15) is 0 Å². The van der Waals surface area contributed by atoms with E-state index in [0.29, 0.717) is 0 Å². The van der Waals surface area contributed by atoms with Gasteiger partial charge in [-0.05, 0) is 87.6 Å². The molecule has 0 bridgehead atoms. The summed E-state index contributed by atoms with van der Waals surface area (Å²) in [7, 11) is 0. The average molecular weight is 611 g/mol. The highest BCUT2D eigenvalue weighted by atomic mass is 15.0. The summed E-state index contributed by atoms with van der Waals surface area (Å²) in [5, 5.41) is 7.61. The molecule has 0 aliphatic rings. The molecule has 2 heterocycles. The topological polar surface area (TPSA) is 9.86 Å². The van der Waals surface area contributed by atoms with E-state index in [-0.39, 0.29) is 0 Å². The molecule has 8 aromatic carbocycles. The average Bonchev–Trinajstić information content (AvgIpc) is 3.68. The summed E-state index contributed by atoms with van der Waals surface area (Å²) in [5.74, 6) is 0. The molecule has 224 valence electrons. The number of para-hydroxylation sites is 2. The van der Waals surface area contributed by atoms with E-state index in [1.54, 1.807) is 0 Å². The van der Waals surface area contributed by atoms with Crippen LogP contribution in [0.25, 0.3) is 88.0 Å². The second kappa shape index (κ2) is 10.6. The molecule has 2 heteroatoms. The van der Waals surface area contributed by atoms with Gasteiger partial charge in [-0.15, -0.1) is 0 Å². The van der Waals surface area contributed by atoms with Crippen molar-refractivity contribution in [3.8, 4) is 33.6 Å². The Morgan fingerprint density at radius 2 is 0.812 bits per heavy atom. The molecule has 10 aromatic rings. The van der Waals surface area contributed by atoms with E-state index in [1.165, 1.54) is 82.3 Å². The first-order valence-electron chi connectivity index (χ1n) is 16.5. The van der Waals surface area contributed by atoms with Crippen LogP contribution in [0.2, 0.25) is 0 Å². The minimum atomic E-state index is 1.16. The van der Waals surface area contributed by atoms with Gasteiger partial charge >= 0.3 is 0 Å². The Bertz CT molecular complexity index is 2800. The summed E-state index contributed by atoms with van der Waals surface area (Å²) >= 11 is 0. The number of hydrogen-bond donors (Lipinski definition) is 0. The Labute approximate surface area is 278 Å². The minimum absolute atomic E-state index is 1.16. The number of fused-ring (bicyclic) bond motifs is 8. The van der Waals surface area contributed by atoms with Crippen LogP contribution in [0.3, 0.4) is 0 Å². The number of hydrogen-bond acceptors (Lipinski definition) is 0. The van der Waals surface area contributed by atoms with E-state index in [9.17, 15) is 0 Å². The van der Waals surface area contributed by atoms with Gasteiger partial charge in [-0.3, -0.25) is 0 Å². The third kappa shape index (κ3) is 4.06. The van der Waals surface area contributed by atoms with E-state index in [0.717, 1.165) is 5.69 Å². The molecule has 0 saturated heterocycles. The summed E-state index contributed by atoms with van der Waals surface area (Å²) in [5.41, 5.74) is 12.0. The van der Waals surface area contributed by atoms with Gasteiger partial charge in [0.2, 0.25) is 0 Å². The molecule has 0 atom stereocenters. The number of rotatable bonds is 4. The molecule has 0 amide bonds. The molecule has 0 saturated carbocycles. The molecule has 0 fully saturated rings. The van der Waals surface area contributed by atoms with Crippen LogP contribution in [0, 0.1) is 0 Å². The summed E-state index contributed by atoms with van der Waals surface area (Å²) in [6.07, 6.45) is 0. The molecule has 0 aliphatic carbocycles. The third-order valence-corrected chi connectivity index (χ3v) is 9.91. The summed E-state index contributed by atoms with van der Waals surface area (Å²) in [6, 6.07) is 66.2. The number of aromatic nitrogens is 2. The second-order valence-corrected chi connectivity index (χ2v) is 12.6. The largest absolute Gasteiger partial charge is 0.309 e. The van der Waals surface area contributed by atoms with E-state index < -0.39 is 0 Å². The number of benzene rings is 8. The zero-order chi connectivity index (χ0) is 31.6. The SMILES string of the molecule is c1ccc(-c2ccc(-n3c4ccc(-c5ccc6c7ccccc7n(-c7ccccc7)c6c5)cc4c4c5ccccc5ccc43)cc2)cc1. The van der Waals surface area contributed by atoms with Crippen molar-refractivity contribution in [1.82, 2.24) is 9.13 Å². The lowest BCUT2D eigenvalue weighted by Crippen LogP contribution is -1.94. The van der Waals surface area contributed by atoms with Gasteiger partial charge in [0.25, 0.3) is 0 Å². The fraction of sp³-hybridized carbons (Fsp3) is 0. The Morgan fingerprint density at radius 3 is 1.65 bits per heavy atom. The minimum Gasteiger partial charge on any atom is -0.309 e. The van der Waals surface area contributed by atoms with Crippen LogP contribution < -0.4 is 0 Å². The molecule has 0 aliphatic heterocycles. The van der Waals surface area contributed by atoms with Gasteiger partial charge in [0.1, 0.15) is 0 Å². The first-order chi connectivity index (χ1) is 23.8. The molecular weight excluding hydrogens is 581 g/mol. The predicted octanol–water partition coefficient (Wildman–Crippen LogP) is 12.4. The summed E-state index contributed by atoms with van der Waals surface area (Å²) in [6.45, 7) is 0. The molecule has 0 N–H and O–H groups in total. The molecular formula is C46H30N2. The van der Waals surface area contributed by atoms with Gasteiger partial charge in [0.15, 0.2) is 0 Å². The fourth-order valence-electron chi connectivity index (χ4n) is 7.69. The highest BCUT2D eigenvalue weighted by Gasteiger charge is 2.17. The van der Waals surface area contributed by atoms with Crippen molar-refractivity contribution in [2.75, 3.05) is 0 Å². The molecule has 2 nitrogen and oxygen atoms in total. The fourth-order valence-corrected chi connectivity index (χ4v) is 7.69. The lowest BCUT2D eigenvalue weighted by atomic mass is 9.99. The maximum Gasteiger partial charge on any atom is 0.0547 e. The standard InChI is InChI=1S/C46H30N2/c1-3-11-31(12-4-1)32-19-24-37(25-20-32)47-43-27-23-34(29-41(43)46-38-16-8-7-13-33(38)22-28-44(46)47)35-21-26-40-39-17-9-10-18-42(39)48(45(40)30-35)36-14-5-2-6-15-36/h1-30H. The Morgan fingerprint density at radius 1 is 0.271 bits per heavy atom. The van der Waals surface area contributed by atoms with Crippen molar-refractivity contribution in [3.63, 3.8) is 0 Å². The van der Waals surface area contributed by atoms with Crippen molar-refractivity contribution < 1.29 is 0 Å². The van der Waals surface area contributed by atoms with Gasteiger partial charge in [-0.25, -0.2) is 0 Å². The van der Waals surface area contributed by atoms with E-state index in [2.05, 4.69) is 191 Å². The molecule has 0 spiro atoms. The highest BCUT2D eigenvalue weighted by Crippen LogP contribution is 2.40. The van der Waals surface area contributed by atoms with Crippen LogP contribution in [-0.2, 0) is 0 Å². The van der Waals surface area contributed by atoms with E-state index in [1.807, 2.05) is 0 Å². The van der Waals surface area contributed by atoms with Crippen LogP contribution in [0.4, 0.5) is 0 Å². The summed E-state index contributed by atoms with van der Waals surface area (Å²) < 4.78 is 4.82. The molecule has 0 unspecified atom stereocenters. The maximum absolute atomic E-state index is 2.42. The second-order valence-electron chi connectivity index (χ2n) is 12.6. The van der Waals surface area contributed by atoms with Crippen LogP contribution in [0.1, 0.15) is 0 Å². The van der Waals surface area contributed by atoms with Crippen molar-refractivity contribution in [2.24, 2.45) is 0 Å². The Balaban J connectivity index is 1.20. The zero-order valence-corrected chi connectivity index (χ0v) is 26.2. The van der Waals surface area contributed by atoms with Gasteiger partial charge in [0, 0.05) is 32.9 Å². The van der Waals surface area contributed by atoms with E-state index in [4.69, 9.17) is 0 Å². The smallest absolute Gasteiger partial charge is 0.0547 e. The van der Waals surface area contributed by atoms with Gasteiger partial charge in [0.05, 0.1) is 22.1 Å². The Hall–Kier alpha value is -6.38. The van der Waals surface area contributed by atoms with Crippen LogP contribution in [0.5, 0.6) is 0 Å². The predicted molar refractivity (Wildman–Crippen MR) is 203 cm³/mol. The quantitative estimate of drug-likeness (QED) is 0.188. The molecule has 48 heavy (non-hydrogen) atoms. The van der Waals surface area contributed by atoms with Gasteiger partial charge in [-0.1, -0.05) is 127 Å². The number of nitrogens with zero attached hydrogens (tertiary/aromatic N) is 2. The monoisotopic (exact) mass is 610 g/mol. The lowest BCUT2D eigenvalue weighted by molar-refractivity contribution is 1.18. The summed E-state index contributed by atoms with van der Waals surface area (Å²) in [4.78, 5) is 0.